The van der Waals surface area contributed by atoms with Crippen LogP contribution in [0.1, 0.15) is 40.5 Å². The van der Waals surface area contributed by atoms with E-state index in [1.807, 2.05) is 0 Å². The molecule has 3 heteroatoms. The zero-order chi connectivity index (χ0) is 13.7. The lowest BCUT2D eigenvalue weighted by molar-refractivity contribution is -0.139. The molecule has 0 atom stereocenters. The Hall–Kier alpha value is -0.573. The summed E-state index contributed by atoms with van der Waals surface area (Å²) in [6, 6.07) is 1.29. The number of ether oxygens (including phenoxy) is 1. The monoisotopic (exact) mass is 256 g/mol. The topological polar surface area (TPSA) is 26.3 Å². The number of rotatable bonds is 6. The Labute approximate surface area is 107 Å². The highest BCUT2D eigenvalue weighted by atomic mass is 28.3. The highest BCUT2D eigenvalue weighted by Gasteiger charge is 2.33. The van der Waals surface area contributed by atoms with Gasteiger partial charge in [0.05, 0.1) is 14.7 Å². The third kappa shape index (κ3) is 6.06. The number of hydrogen-bond donors (Lipinski definition) is 0. The highest BCUT2D eigenvalue weighted by Crippen LogP contribution is 2.39. The molecule has 0 bridgehead atoms. The molecule has 0 fully saturated rings. The summed E-state index contributed by atoms with van der Waals surface area (Å²) in [5.74, 6) is -0.266. The maximum absolute atomic E-state index is 11.1. The number of unbranched alkanes of at least 4 members (excludes halogenated alkanes) is 1. The van der Waals surface area contributed by atoms with Gasteiger partial charge in [0.25, 0.3) is 0 Å². The number of carbonyl (C=O) groups is 1. The van der Waals surface area contributed by atoms with E-state index < -0.39 is 8.07 Å². The predicted octanol–water partition coefficient (Wildman–Crippen LogP) is 4.39. The fourth-order valence-electron chi connectivity index (χ4n) is 1.33. The quantitative estimate of drug-likeness (QED) is 0.305. The van der Waals surface area contributed by atoms with E-state index in [0.717, 1.165) is 12.8 Å². The summed E-state index contributed by atoms with van der Waals surface area (Å²) in [5.41, 5.74) is 0.481. The summed E-state index contributed by atoms with van der Waals surface area (Å²) in [4.78, 5) is 11.1. The molecule has 0 saturated heterocycles. The standard InChI is InChI=1S/C14H28O2Si/c1-12(2)13(15)16-10-8-9-11-17(6,7)14(3,4)5/h1,8-11H2,2-7H3. The van der Waals surface area contributed by atoms with Gasteiger partial charge in [0.1, 0.15) is 0 Å². The van der Waals surface area contributed by atoms with Gasteiger partial charge in [-0.2, -0.15) is 0 Å². The van der Waals surface area contributed by atoms with E-state index in [1.165, 1.54) is 6.04 Å². The van der Waals surface area contributed by atoms with Crippen molar-refractivity contribution >= 4 is 14.0 Å². The lowest BCUT2D eigenvalue weighted by atomic mass is 10.2. The van der Waals surface area contributed by atoms with Crippen LogP contribution in [0.25, 0.3) is 0 Å². The Morgan fingerprint density at radius 1 is 1.24 bits per heavy atom. The van der Waals surface area contributed by atoms with Gasteiger partial charge in [-0.1, -0.05) is 52.9 Å². The largest absolute Gasteiger partial charge is 0.462 e. The van der Waals surface area contributed by atoms with Gasteiger partial charge in [-0.15, -0.1) is 0 Å². The van der Waals surface area contributed by atoms with Crippen LogP contribution in [0.2, 0.25) is 24.2 Å². The van der Waals surface area contributed by atoms with Crippen molar-refractivity contribution in [3.05, 3.63) is 12.2 Å². The molecule has 0 saturated carbocycles. The normalized spacial score (nSPS) is 12.4. The van der Waals surface area contributed by atoms with Crippen molar-refractivity contribution in [2.45, 2.75) is 64.7 Å². The smallest absolute Gasteiger partial charge is 0.333 e. The second kappa shape index (κ2) is 6.38. The van der Waals surface area contributed by atoms with Crippen LogP contribution in [0.4, 0.5) is 0 Å². The molecular formula is C14H28O2Si. The van der Waals surface area contributed by atoms with Crippen LogP contribution in [0.5, 0.6) is 0 Å². The minimum absolute atomic E-state index is 0.266. The number of esters is 1. The van der Waals surface area contributed by atoms with Crippen LogP contribution < -0.4 is 0 Å². The van der Waals surface area contributed by atoms with Gasteiger partial charge in [0, 0.05) is 5.57 Å². The van der Waals surface area contributed by atoms with Gasteiger partial charge < -0.3 is 4.74 Å². The molecule has 0 aliphatic heterocycles. The van der Waals surface area contributed by atoms with Crippen LogP contribution in [0.15, 0.2) is 12.2 Å². The predicted molar refractivity (Wildman–Crippen MR) is 77.0 cm³/mol. The molecule has 0 unspecified atom stereocenters. The van der Waals surface area contributed by atoms with Crippen molar-refractivity contribution in [2.24, 2.45) is 0 Å². The van der Waals surface area contributed by atoms with E-state index in [2.05, 4.69) is 40.4 Å². The van der Waals surface area contributed by atoms with Crippen molar-refractivity contribution < 1.29 is 9.53 Å². The Kier molecular flexibility index (Phi) is 6.17. The van der Waals surface area contributed by atoms with E-state index >= 15 is 0 Å². The zero-order valence-corrected chi connectivity index (χ0v) is 13.4. The minimum Gasteiger partial charge on any atom is -0.462 e. The summed E-state index contributed by atoms with van der Waals surface area (Å²) in [5, 5.41) is 0.446. The Balaban J connectivity index is 3.80. The van der Waals surface area contributed by atoms with Gasteiger partial charge in [-0.25, -0.2) is 4.79 Å². The van der Waals surface area contributed by atoms with Crippen molar-refractivity contribution in [3.8, 4) is 0 Å². The molecule has 0 amide bonds. The van der Waals surface area contributed by atoms with Gasteiger partial charge in [-0.05, 0) is 18.4 Å². The third-order valence-corrected chi connectivity index (χ3v) is 9.47. The van der Waals surface area contributed by atoms with Crippen LogP contribution >= 0.6 is 0 Å². The SMILES string of the molecule is C=C(C)C(=O)OCCCC[Si](C)(C)C(C)(C)C. The van der Waals surface area contributed by atoms with E-state index in [1.54, 1.807) is 6.92 Å². The molecule has 100 valence electrons. The molecule has 0 aromatic carbocycles. The summed E-state index contributed by atoms with van der Waals surface area (Å²) in [6.07, 6.45) is 2.12. The van der Waals surface area contributed by atoms with Gasteiger partial charge in [-0.3, -0.25) is 0 Å². The van der Waals surface area contributed by atoms with Crippen LogP contribution in [0.3, 0.4) is 0 Å². The lowest BCUT2D eigenvalue weighted by Gasteiger charge is -2.37. The average Bonchev–Trinajstić information content (AvgIpc) is 2.14. The molecule has 0 radical (unpaired) electrons. The van der Waals surface area contributed by atoms with E-state index in [4.69, 9.17) is 4.74 Å². The van der Waals surface area contributed by atoms with Crippen molar-refractivity contribution in [1.82, 2.24) is 0 Å². The molecule has 0 rings (SSSR count). The Bertz CT molecular complexity index is 274. The Morgan fingerprint density at radius 2 is 1.76 bits per heavy atom. The fraction of sp³-hybridized carbons (Fsp3) is 0.786. The fourth-order valence-corrected chi connectivity index (χ4v) is 3.22. The summed E-state index contributed by atoms with van der Waals surface area (Å²) in [6.45, 7) is 17.6. The molecule has 2 nitrogen and oxygen atoms in total. The Morgan fingerprint density at radius 3 is 2.18 bits per heavy atom. The molecule has 0 aromatic heterocycles. The number of carbonyl (C=O) groups excluding carboxylic acids is 1. The first-order chi connectivity index (χ1) is 7.58. The zero-order valence-electron chi connectivity index (χ0n) is 12.4. The maximum Gasteiger partial charge on any atom is 0.333 e. The van der Waals surface area contributed by atoms with Gasteiger partial charge in [0.2, 0.25) is 0 Å². The van der Waals surface area contributed by atoms with Crippen molar-refractivity contribution in [2.75, 3.05) is 6.61 Å². The van der Waals surface area contributed by atoms with Crippen LogP contribution in [0, 0.1) is 0 Å². The first-order valence-electron chi connectivity index (χ1n) is 6.40. The molecular weight excluding hydrogens is 228 g/mol. The summed E-state index contributed by atoms with van der Waals surface area (Å²) in [7, 11) is -1.16. The summed E-state index contributed by atoms with van der Waals surface area (Å²) < 4.78 is 5.08. The lowest BCUT2D eigenvalue weighted by Crippen LogP contribution is -2.36. The molecule has 0 aliphatic rings. The second-order valence-corrected chi connectivity index (χ2v) is 12.3. The summed E-state index contributed by atoms with van der Waals surface area (Å²) >= 11 is 0. The van der Waals surface area contributed by atoms with E-state index in [0.29, 0.717) is 17.2 Å². The van der Waals surface area contributed by atoms with E-state index in [9.17, 15) is 4.79 Å². The molecule has 0 aliphatic carbocycles. The molecule has 0 heterocycles. The first-order valence-corrected chi connectivity index (χ1v) is 9.61. The minimum atomic E-state index is -1.16. The van der Waals surface area contributed by atoms with Crippen molar-refractivity contribution in [3.63, 3.8) is 0 Å². The second-order valence-electron chi connectivity index (χ2n) is 6.51. The molecule has 0 spiro atoms. The molecule has 0 aromatic rings. The average molecular weight is 256 g/mol. The van der Waals surface area contributed by atoms with Crippen molar-refractivity contribution in [1.29, 1.82) is 0 Å². The van der Waals surface area contributed by atoms with Crippen LogP contribution in [-0.4, -0.2) is 20.7 Å². The van der Waals surface area contributed by atoms with Crippen LogP contribution in [-0.2, 0) is 9.53 Å². The number of hydrogen-bond acceptors (Lipinski definition) is 2. The van der Waals surface area contributed by atoms with Gasteiger partial charge in [0.15, 0.2) is 0 Å². The maximum atomic E-state index is 11.1. The van der Waals surface area contributed by atoms with Gasteiger partial charge >= 0.3 is 5.97 Å². The molecule has 17 heavy (non-hydrogen) atoms. The van der Waals surface area contributed by atoms with E-state index in [-0.39, 0.29) is 5.97 Å². The molecule has 0 N–H and O–H groups in total. The third-order valence-electron chi connectivity index (χ3n) is 3.81. The first kappa shape index (κ1) is 16.4. The highest BCUT2D eigenvalue weighted by molar-refractivity contribution is 6.80.